The van der Waals surface area contributed by atoms with Crippen LogP contribution in [0.3, 0.4) is 0 Å². The number of hydrogen-bond donors (Lipinski definition) is 1. The van der Waals surface area contributed by atoms with E-state index in [1.807, 2.05) is 0 Å². The van der Waals surface area contributed by atoms with Crippen LogP contribution in [0.15, 0.2) is 24.3 Å². The molecule has 1 aromatic carbocycles. The normalized spacial score (nSPS) is 14.4. The molecule has 1 aliphatic rings. The minimum absolute atomic E-state index is 0.0669. The summed E-state index contributed by atoms with van der Waals surface area (Å²) in [6.45, 7) is 0.207. The van der Waals surface area contributed by atoms with E-state index in [0.717, 1.165) is 12.8 Å². The number of aromatic nitrogens is 2. The first kappa shape index (κ1) is 17.5. The molecule has 25 heavy (non-hydrogen) atoms. The van der Waals surface area contributed by atoms with Crippen molar-refractivity contribution in [2.75, 3.05) is 6.61 Å². The summed E-state index contributed by atoms with van der Waals surface area (Å²) in [5.41, 5.74) is -2.46. The highest BCUT2D eigenvalue weighted by Crippen LogP contribution is 2.37. The molecular weight excluding hydrogens is 361 g/mol. The highest BCUT2D eigenvalue weighted by molar-refractivity contribution is 6.30. The van der Waals surface area contributed by atoms with Crippen LogP contribution in [0.2, 0.25) is 5.02 Å². The highest BCUT2D eigenvalue weighted by atomic mass is 35.5. The van der Waals surface area contributed by atoms with E-state index in [9.17, 15) is 18.0 Å². The van der Waals surface area contributed by atoms with Gasteiger partial charge < -0.3 is 9.84 Å². The lowest BCUT2D eigenvalue weighted by molar-refractivity contribution is -0.142. The third kappa shape index (κ3) is 4.01. The summed E-state index contributed by atoms with van der Waals surface area (Å²) in [6.07, 6.45) is -3.09. The number of nitrogens with zero attached hydrogens (tertiary/aromatic N) is 2. The van der Waals surface area contributed by atoms with Crippen molar-refractivity contribution in [2.24, 2.45) is 5.92 Å². The molecule has 0 spiro atoms. The zero-order valence-electron chi connectivity index (χ0n) is 12.7. The molecule has 1 aliphatic carbocycles. The number of carboxylic acid groups (broad SMARTS) is 1. The summed E-state index contributed by atoms with van der Waals surface area (Å²) in [5, 5.41) is 9.52. The van der Waals surface area contributed by atoms with Crippen LogP contribution in [0.4, 0.5) is 13.2 Å². The molecule has 0 radical (unpaired) electrons. The Balaban J connectivity index is 2.13. The first-order valence-corrected chi connectivity index (χ1v) is 7.74. The number of benzene rings is 1. The first-order chi connectivity index (χ1) is 11.8. The minimum atomic E-state index is -4.96. The van der Waals surface area contributed by atoms with E-state index in [4.69, 9.17) is 21.4 Å². The molecule has 132 valence electrons. The van der Waals surface area contributed by atoms with Gasteiger partial charge in [0.25, 0.3) is 0 Å². The fourth-order valence-corrected chi connectivity index (χ4v) is 2.27. The van der Waals surface area contributed by atoms with E-state index in [0.29, 0.717) is 10.6 Å². The Kier molecular flexibility index (Phi) is 4.55. The van der Waals surface area contributed by atoms with E-state index in [1.54, 1.807) is 0 Å². The van der Waals surface area contributed by atoms with Crippen molar-refractivity contribution in [1.29, 1.82) is 0 Å². The Morgan fingerprint density at radius 2 is 1.88 bits per heavy atom. The highest BCUT2D eigenvalue weighted by Gasteiger charge is 2.40. The van der Waals surface area contributed by atoms with Gasteiger partial charge in [0.15, 0.2) is 11.4 Å². The summed E-state index contributed by atoms with van der Waals surface area (Å²) in [5.74, 6) is -1.89. The molecule has 1 saturated carbocycles. The molecule has 0 atom stereocenters. The van der Waals surface area contributed by atoms with Crippen molar-refractivity contribution < 1.29 is 27.8 Å². The Bertz CT molecular complexity index is 806. The lowest BCUT2D eigenvalue weighted by Crippen LogP contribution is -2.19. The lowest BCUT2D eigenvalue weighted by Gasteiger charge is -2.15. The molecule has 0 bridgehead atoms. The standard InChI is InChI=1S/C16H12ClF3N2O3/c17-10-5-3-9(4-6-10)11-14(25-7-8-1-2-8)22-13(16(18,19)20)12(21-11)15(23)24/h3-6,8H,1-2,7H2,(H,23,24). The summed E-state index contributed by atoms with van der Waals surface area (Å²) < 4.78 is 44.9. The Hall–Kier alpha value is -2.35. The van der Waals surface area contributed by atoms with Crippen molar-refractivity contribution in [3.8, 4) is 17.1 Å². The van der Waals surface area contributed by atoms with Gasteiger partial charge in [-0.1, -0.05) is 23.7 Å². The molecule has 3 rings (SSSR count). The molecule has 0 unspecified atom stereocenters. The predicted octanol–water partition coefficient (Wildman–Crippen LogP) is 4.30. The molecule has 1 heterocycles. The molecule has 0 aliphatic heterocycles. The van der Waals surface area contributed by atoms with Gasteiger partial charge in [0.05, 0.1) is 6.61 Å². The van der Waals surface area contributed by atoms with Crippen LogP contribution in [0.25, 0.3) is 11.3 Å². The average molecular weight is 373 g/mol. The molecule has 1 N–H and O–H groups in total. The van der Waals surface area contributed by atoms with Crippen molar-refractivity contribution in [1.82, 2.24) is 9.97 Å². The van der Waals surface area contributed by atoms with Crippen molar-refractivity contribution in [3.05, 3.63) is 40.7 Å². The first-order valence-electron chi connectivity index (χ1n) is 7.37. The number of rotatable bonds is 5. The van der Waals surface area contributed by atoms with Crippen LogP contribution in [0.1, 0.15) is 29.0 Å². The Morgan fingerprint density at radius 1 is 1.24 bits per heavy atom. The number of halogens is 4. The number of carboxylic acids is 1. The van der Waals surface area contributed by atoms with Crippen molar-refractivity contribution in [2.45, 2.75) is 19.0 Å². The monoisotopic (exact) mass is 372 g/mol. The molecule has 0 amide bonds. The van der Waals surface area contributed by atoms with E-state index in [1.165, 1.54) is 24.3 Å². The van der Waals surface area contributed by atoms with E-state index < -0.39 is 23.5 Å². The second-order valence-electron chi connectivity index (χ2n) is 5.64. The number of carbonyl (C=O) groups is 1. The van der Waals surface area contributed by atoms with E-state index >= 15 is 0 Å². The molecular formula is C16H12ClF3N2O3. The van der Waals surface area contributed by atoms with Gasteiger partial charge in [-0.05, 0) is 30.9 Å². The fourth-order valence-electron chi connectivity index (χ4n) is 2.14. The Morgan fingerprint density at radius 3 is 2.40 bits per heavy atom. The zero-order valence-corrected chi connectivity index (χ0v) is 13.4. The van der Waals surface area contributed by atoms with Gasteiger partial charge in [0.1, 0.15) is 5.69 Å². The topological polar surface area (TPSA) is 72.3 Å². The van der Waals surface area contributed by atoms with Crippen LogP contribution in [0, 0.1) is 5.92 Å². The summed E-state index contributed by atoms with van der Waals surface area (Å²) in [4.78, 5) is 18.4. The van der Waals surface area contributed by atoms with Crippen LogP contribution in [-0.2, 0) is 6.18 Å². The van der Waals surface area contributed by atoms with Gasteiger partial charge in [0, 0.05) is 10.6 Å². The number of ether oxygens (including phenoxy) is 1. The fraction of sp³-hybridized carbons (Fsp3) is 0.312. The van der Waals surface area contributed by atoms with E-state index in [2.05, 4.69) is 9.97 Å². The maximum absolute atomic E-state index is 13.1. The smallest absolute Gasteiger partial charge is 0.435 e. The molecule has 0 saturated heterocycles. The molecule has 1 fully saturated rings. The summed E-state index contributed by atoms with van der Waals surface area (Å²) in [7, 11) is 0. The van der Waals surface area contributed by atoms with Gasteiger partial charge in [-0.15, -0.1) is 0 Å². The molecule has 5 nitrogen and oxygen atoms in total. The Labute approximate surface area is 145 Å². The third-order valence-corrected chi connectivity index (χ3v) is 3.86. The molecule has 1 aromatic heterocycles. The largest absolute Gasteiger partial charge is 0.476 e. The number of alkyl halides is 3. The number of aromatic carboxylic acids is 1. The minimum Gasteiger partial charge on any atom is -0.476 e. The van der Waals surface area contributed by atoms with Crippen molar-refractivity contribution >= 4 is 17.6 Å². The SMILES string of the molecule is O=C(O)c1nc(-c2ccc(Cl)cc2)c(OCC2CC2)nc1C(F)(F)F. The predicted molar refractivity (Wildman–Crippen MR) is 82.7 cm³/mol. The summed E-state index contributed by atoms with van der Waals surface area (Å²) >= 11 is 5.81. The average Bonchev–Trinajstić information content (AvgIpc) is 3.36. The zero-order chi connectivity index (χ0) is 18.2. The van der Waals surface area contributed by atoms with E-state index in [-0.39, 0.29) is 24.1 Å². The van der Waals surface area contributed by atoms with Gasteiger partial charge >= 0.3 is 12.1 Å². The van der Waals surface area contributed by atoms with Gasteiger partial charge in [-0.2, -0.15) is 13.2 Å². The number of hydrogen-bond acceptors (Lipinski definition) is 4. The van der Waals surface area contributed by atoms with Crippen LogP contribution < -0.4 is 4.74 Å². The van der Waals surface area contributed by atoms with Crippen LogP contribution in [0.5, 0.6) is 5.88 Å². The van der Waals surface area contributed by atoms with Gasteiger partial charge in [-0.3, -0.25) is 0 Å². The maximum Gasteiger partial charge on any atom is 0.435 e. The maximum atomic E-state index is 13.1. The summed E-state index contributed by atoms with van der Waals surface area (Å²) in [6, 6.07) is 6.05. The third-order valence-electron chi connectivity index (χ3n) is 3.61. The quantitative estimate of drug-likeness (QED) is 0.847. The molecule has 9 heteroatoms. The lowest BCUT2D eigenvalue weighted by atomic mass is 10.1. The second-order valence-corrected chi connectivity index (χ2v) is 6.08. The van der Waals surface area contributed by atoms with Gasteiger partial charge in [-0.25, -0.2) is 14.8 Å². The van der Waals surface area contributed by atoms with Crippen LogP contribution >= 0.6 is 11.6 Å². The van der Waals surface area contributed by atoms with Crippen LogP contribution in [-0.4, -0.2) is 27.7 Å². The molecule has 2 aromatic rings. The van der Waals surface area contributed by atoms with Gasteiger partial charge in [0.2, 0.25) is 5.88 Å². The second kappa shape index (κ2) is 6.51. The van der Waals surface area contributed by atoms with Crippen molar-refractivity contribution in [3.63, 3.8) is 0 Å².